The topological polar surface area (TPSA) is 58.1 Å². The molecular weight excluding hydrogens is 476 g/mol. The number of carbonyl (C=O) groups is 1. The molecule has 1 amide bonds. The number of amides is 1. The first kappa shape index (κ1) is 25.5. The molecule has 0 spiro atoms. The summed E-state index contributed by atoms with van der Waals surface area (Å²) < 4.78 is 0. The normalized spacial score (nSPS) is 15.1. The number of hydrogen-bond acceptors (Lipinski definition) is 5. The molecule has 1 saturated heterocycles. The Morgan fingerprint density at radius 2 is 1.80 bits per heavy atom. The molecular formula is C28H33ClN4OS. The van der Waals surface area contributed by atoms with Crippen LogP contribution in [-0.4, -0.2) is 35.0 Å². The van der Waals surface area contributed by atoms with E-state index in [0.717, 1.165) is 50.2 Å². The van der Waals surface area contributed by atoms with E-state index in [2.05, 4.69) is 52.5 Å². The highest BCUT2D eigenvalue weighted by Crippen LogP contribution is 2.28. The monoisotopic (exact) mass is 508 g/mol. The Hall–Kier alpha value is -2.57. The molecule has 0 saturated carbocycles. The Kier molecular flexibility index (Phi) is 9.05. The molecule has 2 aromatic carbocycles. The molecule has 1 atom stereocenters. The van der Waals surface area contributed by atoms with Crippen LogP contribution in [0.3, 0.4) is 0 Å². The number of rotatable bonds is 9. The lowest BCUT2D eigenvalue weighted by Crippen LogP contribution is -2.35. The SMILES string of the molecule is CC[C@@H](C)NC(=O)c1ccc(CSc2nc(Cl)cc(N3CCC(Cc4ccccc4)CC3)n2)cc1. The number of benzene rings is 2. The third-order valence-electron chi connectivity index (χ3n) is 6.54. The summed E-state index contributed by atoms with van der Waals surface area (Å²) in [5.41, 5.74) is 3.21. The standard InChI is InChI=1S/C28H33ClN4OS/c1-3-20(2)30-27(34)24-11-9-23(10-12-24)19-35-28-31-25(29)18-26(32-28)33-15-13-22(14-16-33)17-21-7-5-4-6-8-21/h4-12,18,20,22H,3,13-17,19H2,1-2H3,(H,30,34)/t20-/m1/s1. The van der Waals surface area contributed by atoms with Gasteiger partial charge < -0.3 is 10.2 Å². The quantitative estimate of drug-likeness (QED) is 0.205. The van der Waals surface area contributed by atoms with Crippen molar-refractivity contribution in [1.29, 1.82) is 0 Å². The van der Waals surface area contributed by atoms with Gasteiger partial charge in [0.1, 0.15) is 11.0 Å². The van der Waals surface area contributed by atoms with Crippen molar-refractivity contribution in [1.82, 2.24) is 15.3 Å². The van der Waals surface area contributed by atoms with Gasteiger partial charge in [0.15, 0.2) is 5.16 Å². The predicted octanol–water partition coefficient (Wildman–Crippen LogP) is 6.41. The molecule has 7 heteroatoms. The largest absolute Gasteiger partial charge is 0.356 e. The molecule has 0 bridgehead atoms. The summed E-state index contributed by atoms with van der Waals surface area (Å²) in [6.07, 6.45) is 4.35. The Bertz CT molecular complexity index is 1100. The molecule has 1 fully saturated rings. The molecule has 35 heavy (non-hydrogen) atoms. The zero-order valence-corrected chi connectivity index (χ0v) is 22.0. The molecule has 3 aromatic rings. The van der Waals surface area contributed by atoms with Gasteiger partial charge >= 0.3 is 0 Å². The summed E-state index contributed by atoms with van der Waals surface area (Å²) in [4.78, 5) is 23.8. The van der Waals surface area contributed by atoms with Gasteiger partial charge in [-0.2, -0.15) is 0 Å². The molecule has 184 valence electrons. The second kappa shape index (κ2) is 12.4. The summed E-state index contributed by atoms with van der Waals surface area (Å²) in [7, 11) is 0. The summed E-state index contributed by atoms with van der Waals surface area (Å²) in [5, 5.41) is 4.15. The van der Waals surface area contributed by atoms with Crippen molar-refractivity contribution in [3.63, 3.8) is 0 Å². The van der Waals surface area contributed by atoms with E-state index in [1.807, 2.05) is 37.3 Å². The van der Waals surface area contributed by atoms with Crippen LogP contribution >= 0.6 is 23.4 Å². The minimum absolute atomic E-state index is 0.0334. The summed E-state index contributed by atoms with van der Waals surface area (Å²) in [6, 6.07) is 20.5. The predicted molar refractivity (Wildman–Crippen MR) is 145 cm³/mol. The van der Waals surface area contributed by atoms with Gasteiger partial charge in [-0.1, -0.05) is 72.8 Å². The van der Waals surface area contributed by atoms with Crippen LogP contribution < -0.4 is 10.2 Å². The molecule has 4 rings (SSSR count). The van der Waals surface area contributed by atoms with Gasteiger partial charge in [-0.3, -0.25) is 4.79 Å². The van der Waals surface area contributed by atoms with Crippen LogP contribution in [0, 0.1) is 5.92 Å². The second-order valence-corrected chi connectivity index (χ2v) is 10.5. The maximum atomic E-state index is 12.3. The van der Waals surface area contributed by atoms with E-state index in [1.54, 1.807) is 11.8 Å². The molecule has 1 N–H and O–H groups in total. The van der Waals surface area contributed by atoms with Gasteiger partial charge in [0.05, 0.1) is 0 Å². The van der Waals surface area contributed by atoms with Crippen molar-refractivity contribution in [2.75, 3.05) is 18.0 Å². The second-order valence-electron chi connectivity index (χ2n) is 9.22. The summed E-state index contributed by atoms with van der Waals surface area (Å²) >= 11 is 7.92. The fourth-order valence-electron chi connectivity index (χ4n) is 4.24. The summed E-state index contributed by atoms with van der Waals surface area (Å²) in [6.45, 7) is 6.03. The van der Waals surface area contributed by atoms with Crippen molar-refractivity contribution in [3.8, 4) is 0 Å². The highest BCUT2D eigenvalue weighted by Gasteiger charge is 2.21. The fraction of sp³-hybridized carbons (Fsp3) is 0.393. The van der Waals surface area contributed by atoms with Crippen LogP contribution in [0.1, 0.15) is 54.6 Å². The average molecular weight is 509 g/mol. The molecule has 1 aliphatic heterocycles. The van der Waals surface area contributed by atoms with Gasteiger partial charge in [-0.15, -0.1) is 0 Å². The molecule has 1 aliphatic rings. The van der Waals surface area contributed by atoms with Crippen LogP contribution in [0.25, 0.3) is 0 Å². The highest BCUT2D eigenvalue weighted by atomic mass is 35.5. The lowest BCUT2D eigenvalue weighted by molar-refractivity contribution is 0.0939. The van der Waals surface area contributed by atoms with E-state index < -0.39 is 0 Å². The first-order valence-electron chi connectivity index (χ1n) is 12.4. The summed E-state index contributed by atoms with van der Waals surface area (Å²) in [5.74, 6) is 2.29. The molecule has 5 nitrogen and oxygen atoms in total. The van der Waals surface area contributed by atoms with E-state index in [9.17, 15) is 4.79 Å². The number of thioether (sulfide) groups is 1. The third-order valence-corrected chi connectivity index (χ3v) is 7.65. The van der Waals surface area contributed by atoms with Crippen LogP contribution in [0.2, 0.25) is 5.15 Å². The number of halogens is 1. The number of anilines is 1. The zero-order valence-electron chi connectivity index (χ0n) is 20.4. The third kappa shape index (κ3) is 7.45. The fourth-order valence-corrected chi connectivity index (χ4v) is 5.27. The first-order valence-corrected chi connectivity index (χ1v) is 13.7. The lowest BCUT2D eigenvalue weighted by Gasteiger charge is -2.33. The van der Waals surface area contributed by atoms with Crippen molar-refractivity contribution in [2.24, 2.45) is 5.92 Å². The van der Waals surface area contributed by atoms with Crippen LogP contribution in [-0.2, 0) is 12.2 Å². The number of aromatic nitrogens is 2. The van der Waals surface area contributed by atoms with Gasteiger partial charge in [0, 0.05) is 36.5 Å². The van der Waals surface area contributed by atoms with Crippen molar-refractivity contribution >= 4 is 35.1 Å². The number of nitrogens with zero attached hydrogens (tertiary/aromatic N) is 3. The number of hydrogen-bond donors (Lipinski definition) is 1. The average Bonchev–Trinajstić information content (AvgIpc) is 2.88. The molecule has 0 radical (unpaired) electrons. The molecule has 1 aromatic heterocycles. The van der Waals surface area contributed by atoms with Gasteiger partial charge in [0.2, 0.25) is 0 Å². The van der Waals surface area contributed by atoms with Gasteiger partial charge in [-0.25, -0.2) is 9.97 Å². The van der Waals surface area contributed by atoms with Gasteiger partial charge in [0.25, 0.3) is 5.91 Å². The van der Waals surface area contributed by atoms with Crippen LogP contribution in [0.5, 0.6) is 0 Å². The maximum Gasteiger partial charge on any atom is 0.251 e. The Morgan fingerprint density at radius 3 is 2.49 bits per heavy atom. The van der Waals surface area contributed by atoms with E-state index in [4.69, 9.17) is 16.6 Å². The molecule has 0 unspecified atom stereocenters. The Balaban J connectivity index is 1.31. The number of carbonyl (C=O) groups excluding carboxylic acids is 1. The van der Waals surface area contributed by atoms with E-state index in [0.29, 0.717) is 27.5 Å². The molecule has 2 heterocycles. The van der Waals surface area contributed by atoms with Gasteiger partial charge in [-0.05, 0) is 61.8 Å². The molecule has 0 aliphatic carbocycles. The first-order chi connectivity index (χ1) is 17.0. The number of piperidine rings is 1. The Labute approximate surface area is 217 Å². The smallest absolute Gasteiger partial charge is 0.251 e. The zero-order chi connectivity index (χ0) is 24.6. The minimum atomic E-state index is -0.0334. The van der Waals surface area contributed by atoms with Crippen LogP contribution in [0.4, 0.5) is 5.82 Å². The van der Waals surface area contributed by atoms with Crippen LogP contribution in [0.15, 0.2) is 65.8 Å². The minimum Gasteiger partial charge on any atom is -0.356 e. The lowest BCUT2D eigenvalue weighted by atomic mass is 9.90. The van der Waals surface area contributed by atoms with Crippen molar-refractivity contribution in [3.05, 3.63) is 82.5 Å². The highest BCUT2D eigenvalue weighted by molar-refractivity contribution is 7.98. The van der Waals surface area contributed by atoms with Crippen molar-refractivity contribution < 1.29 is 4.79 Å². The van der Waals surface area contributed by atoms with Crippen molar-refractivity contribution in [2.45, 2.75) is 56.5 Å². The maximum absolute atomic E-state index is 12.3. The van der Waals surface area contributed by atoms with E-state index >= 15 is 0 Å². The Morgan fingerprint density at radius 1 is 1.09 bits per heavy atom. The van der Waals surface area contributed by atoms with E-state index in [1.165, 1.54) is 5.56 Å². The van der Waals surface area contributed by atoms with E-state index in [-0.39, 0.29) is 11.9 Å². The number of nitrogens with one attached hydrogen (secondary N) is 1.